The minimum absolute atomic E-state index is 0.0547. The van der Waals surface area contributed by atoms with Crippen molar-refractivity contribution >= 4 is 34.3 Å². The molecular formula is C17H17N7O3S. The lowest BCUT2D eigenvalue weighted by Gasteiger charge is -2.10. The highest BCUT2D eigenvalue weighted by atomic mass is 32.2. The largest absolute Gasteiger partial charge is 0.306 e. The molecule has 0 bridgehead atoms. The maximum Gasteiger partial charge on any atom is 0.290 e. The molecule has 0 unspecified atom stereocenters. The van der Waals surface area contributed by atoms with Gasteiger partial charge < -0.3 is 4.57 Å². The van der Waals surface area contributed by atoms with Crippen LogP contribution in [0.5, 0.6) is 0 Å². The molecular weight excluding hydrogens is 382 g/mol. The molecule has 2 heterocycles. The fourth-order valence-corrected chi connectivity index (χ4v) is 3.54. The van der Waals surface area contributed by atoms with Crippen LogP contribution in [-0.2, 0) is 11.8 Å². The zero-order chi connectivity index (χ0) is 19.7. The molecule has 2 N–H and O–H groups in total. The number of carbonyl (C=O) groups is 2. The van der Waals surface area contributed by atoms with Gasteiger partial charge in [-0.25, -0.2) is 4.68 Å². The first kappa shape index (κ1) is 18.2. The van der Waals surface area contributed by atoms with Crippen LogP contribution in [0.15, 0.2) is 40.5 Å². The Morgan fingerprint density at radius 3 is 2.71 bits per heavy atom. The summed E-state index contributed by atoms with van der Waals surface area (Å²) in [5.41, 5.74) is 4.46. The molecule has 2 aromatic heterocycles. The first-order valence-electron chi connectivity index (χ1n) is 8.62. The quantitative estimate of drug-likeness (QED) is 0.470. The molecule has 1 fully saturated rings. The average molecular weight is 399 g/mol. The maximum atomic E-state index is 12.5. The topological polar surface area (TPSA) is 124 Å². The van der Waals surface area contributed by atoms with Crippen molar-refractivity contribution in [3.05, 3.63) is 46.6 Å². The minimum atomic E-state index is -0.605. The van der Waals surface area contributed by atoms with E-state index in [-0.39, 0.29) is 17.0 Å². The summed E-state index contributed by atoms with van der Waals surface area (Å²) in [6.45, 7) is 0. The van der Waals surface area contributed by atoms with Gasteiger partial charge in [-0.15, -0.1) is 10.2 Å². The number of carbonyl (C=O) groups excluding carboxylic acids is 2. The average Bonchev–Trinajstić information content (AvgIpc) is 3.45. The summed E-state index contributed by atoms with van der Waals surface area (Å²) in [6, 6.07) is 7.11. The van der Waals surface area contributed by atoms with Gasteiger partial charge in [0, 0.05) is 18.5 Å². The van der Waals surface area contributed by atoms with E-state index in [0.29, 0.717) is 22.0 Å². The molecule has 1 aromatic carbocycles. The van der Waals surface area contributed by atoms with Crippen molar-refractivity contribution in [2.75, 3.05) is 5.75 Å². The lowest BCUT2D eigenvalue weighted by molar-refractivity contribution is -0.119. The summed E-state index contributed by atoms with van der Waals surface area (Å²) in [6.07, 6.45) is 3.85. The molecule has 0 atom stereocenters. The second kappa shape index (κ2) is 7.43. The van der Waals surface area contributed by atoms with Crippen LogP contribution in [0, 0.1) is 0 Å². The van der Waals surface area contributed by atoms with Gasteiger partial charge in [0.15, 0.2) is 10.9 Å². The number of amides is 2. The van der Waals surface area contributed by atoms with E-state index in [0.717, 1.165) is 17.5 Å². The molecule has 1 saturated carbocycles. The summed E-state index contributed by atoms with van der Waals surface area (Å²) in [7, 11) is 1.47. The number of fused-ring (bicyclic) bond motifs is 1. The number of benzene rings is 1. The Kier molecular flexibility index (Phi) is 4.82. The van der Waals surface area contributed by atoms with Crippen LogP contribution in [0.4, 0.5) is 0 Å². The van der Waals surface area contributed by atoms with Crippen molar-refractivity contribution in [3.8, 4) is 0 Å². The van der Waals surface area contributed by atoms with E-state index >= 15 is 0 Å². The van der Waals surface area contributed by atoms with Crippen molar-refractivity contribution in [1.82, 2.24) is 35.4 Å². The molecule has 0 aliphatic heterocycles. The first-order valence-corrected chi connectivity index (χ1v) is 9.60. The summed E-state index contributed by atoms with van der Waals surface area (Å²) >= 11 is 1.25. The molecule has 10 nitrogen and oxygen atoms in total. The van der Waals surface area contributed by atoms with Gasteiger partial charge >= 0.3 is 0 Å². The van der Waals surface area contributed by atoms with E-state index in [4.69, 9.17) is 0 Å². The molecule has 1 aliphatic carbocycles. The number of nitrogens with one attached hydrogen (secondary N) is 2. The minimum Gasteiger partial charge on any atom is -0.306 e. The van der Waals surface area contributed by atoms with E-state index in [1.54, 1.807) is 30.6 Å². The van der Waals surface area contributed by atoms with Crippen molar-refractivity contribution < 1.29 is 9.59 Å². The van der Waals surface area contributed by atoms with Gasteiger partial charge in [-0.1, -0.05) is 30.0 Å². The van der Waals surface area contributed by atoms with E-state index in [2.05, 4.69) is 26.1 Å². The Hall–Kier alpha value is -3.21. The highest BCUT2D eigenvalue weighted by Gasteiger charge is 2.26. The fourth-order valence-electron chi connectivity index (χ4n) is 2.76. The maximum absolute atomic E-state index is 12.5. The van der Waals surface area contributed by atoms with E-state index in [1.165, 1.54) is 18.8 Å². The Labute approximate surface area is 163 Å². The number of hydrogen-bond donors (Lipinski definition) is 2. The van der Waals surface area contributed by atoms with Gasteiger partial charge in [0.1, 0.15) is 6.33 Å². The smallest absolute Gasteiger partial charge is 0.290 e. The predicted octanol–water partition coefficient (Wildman–Crippen LogP) is 0.413. The molecule has 1 aliphatic rings. The van der Waals surface area contributed by atoms with E-state index < -0.39 is 11.8 Å². The Morgan fingerprint density at radius 1 is 1.21 bits per heavy atom. The lowest BCUT2D eigenvalue weighted by atomic mass is 10.1. The second-order valence-corrected chi connectivity index (χ2v) is 7.31. The molecule has 11 heteroatoms. The van der Waals surface area contributed by atoms with Crippen molar-refractivity contribution in [2.24, 2.45) is 7.05 Å². The molecule has 0 saturated heterocycles. The lowest BCUT2D eigenvalue weighted by Crippen LogP contribution is -2.43. The Balaban J connectivity index is 1.40. The van der Waals surface area contributed by atoms with Crippen LogP contribution < -0.4 is 16.4 Å². The van der Waals surface area contributed by atoms with Crippen molar-refractivity contribution in [1.29, 1.82) is 0 Å². The number of aryl methyl sites for hydroxylation is 1. The number of hydrazine groups is 1. The van der Waals surface area contributed by atoms with Crippen LogP contribution in [0.1, 0.15) is 29.4 Å². The summed E-state index contributed by atoms with van der Waals surface area (Å²) in [5, 5.41) is 13.4. The molecule has 28 heavy (non-hydrogen) atoms. The van der Waals surface area contributed by atoms with E-state index in [9.17, 15) is 14.4 Å². The standard InChI is InChI=1S/C17H17N7O3S/c1-23-16(27)12-5-3-2-4-11(12)14(22-23)15(26)20-19-13(25)8-28-17-21-18-9-24(17)10-6-7-10/h2-5,9-10H,6-8H2,1H3,(H,19,25)(H,20,26). The molecule has 3 aromatic rings. The van der Waals surface area contributed by atoms with Crippen molar-refractivity contribution in [2.45, 2.75) is 24.0 Å². The van der Waals surface area contributed by atoms with Crippen LogP contribution >= 0.6 is 11.8 Å². The molecule has 144 valence electrons. The Morgan fingerprint density at radius 2 is 1.96 bits per heavy atom. The van der Waals surface area contributed by atoms with Gasteiger partial charge in [-0.05, 0) is 18.9 Å². The first-order chi connectivity index (χ1) is 13.5. The van der Waals surface area contributed by atoms with Gasteiger partial charge in [-0.2, -0.15) is 5.10 Å². The van der Waals surface area contributed by atoms with Gasteiger partial charge in [0.05, 0.1) is 11.1 Å². The van der Waals surface area contributed by atoms with Crippen LogP contribution in [0.25, 0.3) is 10.8 Å². The van der Waals surface area contributed by atoms with Crippen molar-refractivity contribution in [3.63, 3.8) is 0 Å². The number of aromatic nitrogens is 5. The highest BCUT2D eigenvalue weighted by molar-refractivity contribution is 7.99. The summed E-state index contributed by atoms with van der Waals surface area (Å²) in [4.78, 5) is 36.7. The molecule has 0 spiro atoms. The summed E-state index contributed by atoms with van der Waals surface area (Å²) < 4.78 is 3.05. The van der Waals surface area contributed by atoms with E-state index in [1.807, 2.05) is 4.57 Å². The SMILES string of the molecule is Cn1nc(C(=O)NNC(=O)CSc2nncn2C2CC2)c2ccccc2c1=O. The van der Waals surface area contributed by atoms with Gasteiger partial charge in [0.25, 0.3) is 11.5 Å². The third kappa shape index (κ3) is 3.60. The number of thioether (sulfide) groups is 1. The van der Waals surface area contributed by atoms with Crippen LogP contribution in [0.2, 0.25) is 0 Å². The number of nitrogens with zero attached hydrogens (tertiary/aromatic N) is 5. The normalized spacial score (nSPS) is 13.5. The third-order valence-electron chi connectivity index (χ3n) is 4.30. The summed E-state index contributed by atoms with van der Waals surface area (Å²) in [5.74, 6) is -0.920. The van der Waals surface area contributed by atoms with Crippen LogP contribution in [-0.4, -0.2) is 42.1 Å². The van der Waals surface area contributed by atoms with Gasteiger partial charge in [-0.3, -0.25) is 25.2 Å². The van der Waals surface area contributed by atoms with Crippen LogP contribution in [0.3, 0.4) is 0 Å². The predicted molar refractivity (Wildman–Crippen MR) is 102 cm³/mol. The highest BCUT2D eigenvalue weighted by Crippen LogP contribution is 2.37. The fraction of sp³-hybridized carbons (Fsp3) is 0.294. The zero-order valence-corrected chi connectivity index (χ0v) is 15.8. The monoisotopic (exact) mass is 399 g/mol. The molecule has 4 rings (SSSR count). The Bertz CT molecular complexity index is 1120. The molecule has 2 amide bonds. The molecule has 0 radical (unpaired) electrons. The van der Waals surface area contributed by atoms with Gasteiger partial charge in [0.2, 0.25) is 5.91 Å². The second-order valence-electron chi connectivity index (χ2n) is 6.37. The third-order valence-corrected chi connectivity index (χ3v) is 5.26. The number of hydrogen-bond acceptors (Lipinski definition) is 7. The zero-order valence-electron chi connectivity index (χ0n) is 15.0. The number of rotatable bonds is 5.